The fraction of sp³-hybridized carbons (Fsp3) is 0.867. The van der Waals surface area contributed by atoms with E-state index in [0.29, 0.717) is 0 Å². The molecule has 6 fully saturated rings. The molecule has 0 N–H and O–H groups in total. The van der Waals surface area contributed by atoms with Gasteiger partial charge in [0, 0.05) is 0 Å². The Morgan fingerprint density at radius 3 is 1.42 bits per heavy atom. The van der Waals surface area contributed by atoms with Gasteiger partial charge in [-0.3, -0.25) is 0 Å². The Labute approximate surface area is 113 Å². The van der Waals surface area contributed by atoms with Gasteiger partial charge in [-0.1, -0.05) is 0 Å². The first-order chi connectivity index (χ1) is 9.24. The van der Waals surface area contributed by atoms with E-state index in [9.17, 15) is 9.59 Å². The normalized spacial score (nSPS) is 44.4. The second kappa shape index (κ2) is 4.70. The van der Waals surface area contributed by atoms with Crippen molar-refractivity contribution in [1.82, 2.24) is 0 Å². The fourth-order valence-electron chi connectivity index (χ4n) is 4.79. The summed E-state index contributed by atoms with van der Waals surface area (Å²) in [6.07, 6.45) is 12.8. The third-order valence-corrected chi connectivity index (χ3v) is 5.92. The average molecular weight is 260 g/mol. The molecule has 0 saturated heterocycles. The van der Waals surface area contributed by atoms with Crippen LogP contribution in [-0.4, -0.2) is 23.2 Å². The molecule has 4 bridgehead atoms. The SMILES string of the molecule is O=C=NC12CCC(CC1)CC1CCC2(N=C=O)CC1. The topological polar surface area (TPSA) is 58.9 Å². The maximum atomic E-state index is 10.9. The van der Waals surface area contributed by atoms with E-state index in [1.165, 1.54) is 6.42 Å². The molecular weight excluding hydrogens is 240 g/mol. The first-order valence-corrected chi connectivity index (χ1v) is 7.42. The van der Waals surface area contributed by atoms with Crippen LogP contribution in [0.15, 0.2) is 9.98 Å². The van der Waals surface area contributed by atoms with Crippen LogP contribution < -0.4 is 0 Å². The summed E-state index contributed by atoms with van der Waals surface area (Å²) in [7, 11) is 0. The van der Waals surface area contributed by atoms with E-state index in [4.69, 9.17) is 0 Å². The quantitative estimate of drug-likeness (QED) is 0.566. The highest BCUT2D eigenvalue weighted by molar-refractivity contribution is 5.40. The number of hydrogen-bond donors (Lipinski definition) is 0. The molecule has 0 spiro atoms. The van der Waals surface area contributed by atoms with Crippen LogP contribution in [0.1, 0.15) is 57.8 Å². The summed E-state index contributed by atoms with van der Waals surface area (Å²) in [6, 6.07) is 0. The van der Waals surface area contributed by atoms with E-state index in [2.05, 4.69) is 9.98 Å². The van der Waals surface area contributed by atoms with Crippen LogP contribution in [-0.2, 0) is 9.59 Å². The van der Waals surface area contributed by atoms with Gasteiger partial charge in [-0.2, -0.15) is 9.98 Å². The lowest BCUT2D eigenvalue weighted by atomic mass is 9.62. The minimum absolute atomic E-state index is 0.474. The zero-order valence-electron chi connectivity index (χ0n) is 11.2. The minimum Gasteiger partial charge on any atom is -0.211 e. The molecule has 0 aromatic carbocycles. The summed E-state index contributed by atoms with van der Waals surface area (Å²) >= 11 is 0. The highest BCUT2D eigenvalue weighted by Crippen LogP contribution is 2.55. The highest BCUT2D eigenvalue weighted by atomic mass is 16.1. The number of nitrogens with zero attached hydrogens (tertiary/aromatic N) is 2. The smallest absolute Gasteiger partial charge is 0.211 e. The molecule has 0 aromatic heterocycles. The van der Waals surface area contributed by atoms with E-state index in [1.807, 2.05) is 0 Å². The predicted molar refractivity (Wildman–Crippen MR) is 70.2 cm³/mol. The van der Waals surface area contributed by atoms with Gasteiger partial charge in [-0.15, -0.1) is 0 Å². The Morgan fingerprint density at radius 2 is 1.11 bits per heavy atom. The molecule has 0 amide bonds. The van der Waals surface area contributed by atoms with Crippen LogP contribution in [0.4, 0.5) is 0 Å². The lowest BCUT2D eigenvalue weighted by Crippen LogP contribution is -2.54. The van der Waals surface area contributed by atoms with Crippen LogP contribution in [0.5, 0.6) is 0 Å². The Kier molecular flexibility index (Phi) is 3.16. The van der Waals surface area contributed by atoms with E-state index >= 15 is 0 Å². The minimum atomic E-state index is -0.474. The predicted octanol–water partition coefficient (Wildman–Crippen LogP) is 2.92. The number of hydrogen-bond acceptors (Lipinski definition) is 4. The van der Waals surface area contributed by atoms with Crippen molar-refractivity contribution in [1.29, 1.82) is 0 Å². The standard InChI is InChI=1S/C15H20N2O2/c18-10-16-14-5-1-12(2-6-14)9-13-3-7-15(14,8-4-13)17-11-19/h12-13H,1-9H2. The Hall–Kier alpha value is -1.24. The fourth-order valence-corrected chi connectivity index (χ4v) is 4.79. The van der Waals surface area contributed by atoms with E-state index < -0.39 is 11.1 Å². The van der Waals surface area contributed by atoms with Crippen molar-refractivity contribution < 1.29 is 9.59 Å². The van der Waals surface area contributed by atoms with Crippen LogP contribution in [0.3, 0.4) is 0 Å². The summed E-state index contributed by atoms with van der Waals surface area (Å²) < 4.78 is 0. The maximum absolute atomic E-state index is 10.9. The molecule has 0 aliphatic heterocycles. The van der Waals surface area contributed by atoms with Gasteiger partial charge < -0.3 is 0 Å². The highest BCUT2D eigenvalue weighted by Gasteiger charge is 2.56. The second-order valence-corrected chi connectivity index (χ2v) is 6.59. The third kappa shape index (κ3) is 1.91. The van der Waals surface area contributed by atoms with Gasteiger partial charge >= 0.3 is 0 Å². The zero-order valence-corrected chi connectivity index (χ0v) is 11.2. The Balaban J connectivity index is 2.10. The van der Waals surface area contributed by atoms with Crippen molar-refractivity contribution in [3.63, 3.8) is 0 Å². The Morgan fingerprint density at radius 1 is 0.737 bits per heavy atom. The summed E-state index contributed by atoms with van der Waals surface area (Å²) in [5.74, 6) is 1.54. The molecule has 102 valence electrons. The van der Waals surface area contributed by atoms with Crippen LogP contribution in [0.25, 0.3) is 0 Å². The van der Waals surface area contributed by atoms with Gasteiger partial charge in [0.05, 0.1) is 11.1 Å². The molecule has 0 unspecified atom stereocenters. The van der Waals surface area contributed by atoms with E-state index in [-0.39, 0.29) is 0 Å². The van der Waals surface area contributed by atoms with Gasteiger partial charge in [0.25, 0.3) is 0 Å². The van der Waals surface area contributed by atoms with Gasteiger partial charge in [-0.05, 0) is 69.6 Å². The van der Waals surface area contributed by atoms with Gasteiger partial charge in [0.15, 0.2) is 0 Å². The van der Waals surface area contributed by atoms with Gasteiger partial charge in [0.1, 0.15) is 0 Å². The lowest BCUT2D eigenvalue weighted by Gasteiger charge is -2.47. The average Bonchev–Trinajstić information content (AvgIpc) is 2.58. The van der Waals surface area contributed by atoms with E-state index in [1.54, 1.807) is 12.2 Å². The van der Waals surface area contributed by atoms with Crippen LogP contribution in [0.2, 0.25) is 0 Å². The molecule has 0 radical (unpaired) electrons. The van der Waals surface area contributed by atoms with Crippen LogP contribution >= 0.6 is 0 Å². The molecule has 0 atom stereocenters. The molecule has 6 aliphatic carbocycles. The molecule has 4 heteroatoms. The lowest BCUT2D eigenvalue weighted by molar-refractivity contribution is 0.118. The molecule has 0 heterocycles. The van der Waals surface area contributed by atoms with Crippen molar-refractivity contribution in [2.45, 2.75) is 68.9 Å². The largest absolute Gasteiger partial charge is 0.235 e. The Bertz CT molecular complexity index is 403. The molecular formula is C15H20N2O2. The first kappa shape index (κ1) is 12.8. The molecule has 19 heavy (non-hydrogen) atoms. The van der Waals surface area contributed by atoms with Crippen LogP contribution in [0, 0.1) is 11.8 Å². The molecule has 6 rings (SSSR count). The number of carbonyl (C=O) groups excluding carboxylic acids is 2. The number of aliphatic imine (C=N–C) groups is 2. The molecule has 0 aromatic rings. The summed E-state index contributed by atoms with van der Waals surface area (Å²) in [5, 5.41) is 0. The molecule has 4 nitrogen and oxygen atoms in total. The third-order valence-electron chi connectivity index (χ3n) is 5.92. The first-order valence-electron chi connectivity index (χ1n) is 7.42. The van der Waals surface area contributed by atoms with Gasteiger partial charge in [0.2, 0.25) is 12.2 Å². The molecule has 6 aliphatic rings. The summed E-state index contributed by atoms with van der Waals surface area (Å²) in [4.78, 5) is 30.3. The molecule has 6 saturated carbocycles. The van der Waals surface area contributed by atoms with Crippen molar-refractivity contribution in [3.8, 4) is 0 Å². The van der Waals surface area contributed by atoms with Crippen molar-refractivity contribution in [3.05, 3.63) is 0 Å². The monoisotopic (exact) mass is 260 g/mol. The number of rotatable bonds is 2. The second-order valence-electron chi connectivity index (χ2n) is 6.59. The number of isocyanates is 2. The van der Waals surface area contributed by atoms with Crippen molar-refractivity contribution in [2.75, 3.05) is 0 Å². The van der Waals surface area contributed by atoms with Crippen molar-refractivity contribution >= 4 is 12.2 Å². The maximum Gasteiger partial charge on any atom is 0.235 e. The summed E-state index contributed by atoms with van der Waals surface area (Å²) in [6.45, 7) is 0. The van der Waals surface area contributed by atoms with Crippen molar-refractivity contribution in [2.24, 2.45) is 21.8 Å². The zero-order chi connectivity index (χ0) is 13.3. The summed E-state index contributed by atoms with van der Waals surface area (Å²) in [5.41, 5.74) is -0.948. The van der Waals surface area contributed by atoms with E-state index in [0.717, 1.165) is 63.2 Å². The van der Waals surface area contributed by atoms with Gasteiger partial charge in [-0.25, -0.2) is 9.59 Å².